The topological polar surface area (TPSA) is 102 Å². The SMILES string of the molecule is CC(C)(C)NC(=O)c1ccc(C(=O)Nc2ccc(-n3cnnn3)cc2)cc1. The first kappa shape index (κ1) is 18.2. The van der Waals surface area contributed by atoms with Gasteiger partial charge < -0.3 is 10.6 Å². The molecule has 0 aliphatic heterocycles. The highest BCUT2D eigenvalue weighted by molar-refractivity contribution is 6.05. The van der Waals surface area contributed by atoms with Gasteiger partial charge >= 0.3 is 0 Å². The second-order valence-electron chi connectivity index (χ2n) is 7.04. The largest absolute Gasteiger partial charge is 0.347 e. The summed E-state index contributed by atoms with van der Waals surface area (Å²) in [7, 11) is 0. The standard InChI is InChI=1S/C19H20N6O2/c1-19(2,3)22-18(27)14-6-4-13(5-7-14)17(26)21-15-8-10-16(11-9-15)25-12-20-23-24-25/h4-12H,1-3H3,(H,21,26)(H,22,27). The van der Waals surface area contributed by atoms with E-state index < -0.39 is 0 Å². The minimum Gasteiger partial charge on any atom is -0.347 e. The van der Waals surface area contributed by atoms with Gasteiger partial charge in [-0.2, -0.15) is 0 Å². The van der Waals surface area contributed by atoms with Crippen molar-refractivity contribution < 1.29 is 9.59 Å². The second kappa shape index (κ2) is 7.36. The van der Waals surface area contributed by atoms with Crippen molar-refractivity contribution in [3.63, 3.8) is 0 Å². The van der Waals surface area contributed by atoms with Gasteiger partial charge in [-0.25, -0.2) is 4.68 Å². The Labute approximate surface area is 156 Å². The molecule has 2 N–H and O–H groups in total. The van der Waals surface area contributed by atoms with Crippen LogP contribution in [0, 0.1) is 0 Å². The molecule has 0 aliphatic rings. The highest BCUT2D eigenvalue weighted by Gasteiger charge is 2.15. The Morgan fingerprint density at radius 2 is 1.48 bits per heavy atom. The van der Waals surface area contributed by atoms with Crippen molar-refractivity contribution in [2.24, 2.45) is 0 Å². The number of hydrogen-bond acceptors (Lipinski definition) is 5. The normalized spacial score (nSPS) is 11.1. The number of carbonyl (C=O) groups excluding carboxylic acids is 2. The van der Waals surface area contributed by atoms with Crippen LogP contribution in [0.5, 0.6) is 0 Å². The maximum Gasteiger partial charge on any atom is 0.255 e. The summed E-state index contributed by atoms with van der Waals surface area (Å²) in [4.78, 5) is 24.5. The molecule has 8 nitrogen and oxygen atoms in total. The Morgan fingerprint density at radius 3 is 2.00 bits per heavy atom. The fourth-order valence-corrected chi connectivity index (χ4v) is 2.37. The third kappa shape index (κ3) is 4.75. The molecule has 138 valence electrons. The van der Waals surface area contributed by atoms with Crippen molar-refractivity contribution in [2.75, 3.05) is 5.32 Å². The lowest BCUT2D eigenvalue weighted by Crippen LogP contribution is -2.40. The highest BCUT2D eigenvalue weighted by Crippen LogP contribution is 2.14. The van der Waals surface area contributed by atoms with E-state index in [1.165, 1.54) is 11.0 Å². The molecular weight excluding hydrogens is 344 g/mol. The van der Waals surface area contributed by atoms with Crippen molar-refractivity contribution in [3.8, 4) is 5.69 Å². The minimum atomic E-state index is -0.318. The van der Waals surface area contributed by atoms with Gasteiger partial charge in [0.1, 0.15) is 6.33 Å². The lowest BCUT2D eigenvalue weighted by atomic mass is 10.1. The number of aromatic nitrogens is 4. The summed E-state index contributed by atoms with van der Waals surface area (Å²) >= 11 is 0. The summed E-state index contributed by atoms with van der Waals surface area (Å²) in [6.07, 6.45) is 1.49. The number of hydrogen-bond donors (Lipinski definition) is 2. The summed E-state index contributed by atoms with van der Waals surface area (Å²) < 4.78 is 1.52. The maximum absolute atomic E-state index is 12.4. The zero-order valence-electron chi connectivity index (χ0n) is 15.3. The Morgan fingerprint density at radius 1 is 0.889 bits per heavy atom. The van der Waals surface area contributed by atoms with Crippen LogP contribution >= 0.6 is 0 Å². The van der Waals surface area contributed by atoms with Crippen LogP contribution in [-0.4, -0.2) is 37.6 Å². The van der Waals surface area contributed by atoms with Crippen molar-refractivity contribution in [1.29, 1.82) is 0 Å². The molecule has 0 unspecified atom stereocenters. The van der Waals surface area contributed by atoms with Gasteiger partial charge in [0.2, 0.25) is 0 Å². The number of rotatable bonds is 4. The Kier molecular flexibility index (Phi) is 4.98. The lowest BCUT2D eigenvalue weighted by molar-refractivity contribution is 0.0918. The fourth-order valence-electron chi connectivity index (χ4n) is 2.37. The number of tetrazole rings is 1. The molecule has 0 aliphatic carbocycles. The van der Waals surface area contributed by atoms with Gasteiger partial charge in [0, 0.05) is 22.4 Å². The Balaban J connectivity index is 1.65. The van der Waals surface area contributed by atoms with E-state index in [-0.39, 0.29) is 17.4 Å². The molecule has 2 aromatic carbocycles. The van der Waals surface area contributed by atoms with Gasteiger partial charge in [-0.3, -0.25) is 9.59 Å². The zero-order chi connectivity index (χ0) is 19.4. The van der Waals surface area contributed by atoms with Gasteiger partial charge in [0.05, 0.1) is 5.69 Å². The first-order valence-corrected chi connectivity index (χ1v) is 8.39. The van der Waals surface area contributed by atoms with Crippen molar-refractivity contribution >= 4 is 17.5 Å². The van der Waals surface area contributed by atoms with Crippen LogP contribution in [0.1, 0.15) is 41.5 Å². The predicted octanol–water partition coefficient (Wildman–Crippen LogP) is 2.44. The molecule has 3 rings (SSSR count). The molecule has 2 amide bonds. The van der Waals surface area contributed by atoms with Crippen LogP contribution in [0.15, 0.2) is 54.9 Å². The number of carbonyl (C=O) groups is 2. The molecule has 0 fully saturated rings. The molecule has 1 aromatic heterocycles. The molecule has 0 saturated carbocycles. The number of anilines is 1. The van der Waals surface area contributed by atoms with Gasteiger partial charge in [-0.15, -0.1) is 5.10 Å². The molecule has 0 spiro atoms. The van der Waals surface area contributed by atoms with Crippen molar-refractivity contribution in [1.82, 2.24) is 25.5 Å². The maximum atomic E-state index is 12.4. The van der Waals surface area contributed by atoms with E-state index in [0.717, 1.165) is 5.69 Å². The number of nitrogens with zero attached hydrogens (tertiary/aromatic N) is 4. The lowest BCUT2D eigenvalue weighted by Gasteiger charge is -2.20. The zero-order valence-corrected chi connectivity index (χ0v) is 15.3. The smallest absolute Gasteiger partial charge is 0.255 e. The van der Waals surface area contributed by atoms with E-state index in [9.17, 15) is 9.59 Å². The number of benzene rings is 2. The number of amides is 2. The minimum absolute atomic E-state index is 0.173. The quantitative estimate of drug-likeness (QED) is 0.740. The molecular formula is C19H20N6O2. The first-order chi connectivity index (χ1) is 12.8. The molecule has 0 radical (unpaired) electrons. The summed E-state index contributed by atoms with van der Waals surface area (Å²) in [5.74, 6) is -0.430. The van der Waals surface area contributed by atoms with Crippen molar-refractivity contribution in [2.45, 2.75) is 26.3 Å². The van der Waals surface area contributed by atoms with Crippen LogP contribution in [0.25, 0.3) is 5.69 Å². The van der Waals surface area contributed by atoms with E-state index in [1.54, 1.807) is 48.5 Å². The summed E-state index contributed by atoms with van der Waals surface area (Å²) in [6.45, 7) is 5.74. The molecule has 0 bridgehead atoms. The predicted molar refractivity (Wildman–Crippen MR) is 101 cm³/mol. The van der Waals surface area contributed by atoms with Crippen LogP contribution in [0.4, 0.5) is 5.69 Å². The first-order valence-electron chi connectivity index (χ1n) is 8.39. The monoisotopic (exact) mass is 364 g/mol. The Bertz CT molecular complexity index is 926. The van der Waals surface area contributed by atoms with E-state index in [0.29, 0.717) is 16.8 Å². The van der Waals surface area contributed by atoms with Gasteiger partial charge in [-0.05, 0) is 79.7 Å². The molecule has 0 atom stereocenters. The average molecular weight is 364 g/mol. The fraction of sp³-hybridized carbons (Fsp3) is 0.211. The second-order valence-corrected chi connectivity index (χ2v) is 7.04. The van der Waals surface area contributed by atoms with E-state index >= 15 is 0 Å². The van der Waals surface area contributed by atoms with Gasteiger partial charge in [0.15, 0.2) is 0 Å². The van der Waals surface area contributed by atoms with Crippen molar-refractivity contribution in [3.05, 3.63) is 66.0 Å². The summed E-state index contributed by atoms with van der Waals surface area (Å²) in [5.41, 5.74) is 2.08. The Hall–Kier alpha value is -3.55. The molecule has 8 heteroatoms. The van der Waals surface area contributed by atoms with Gasteiger partial charge in [0.25, 0.3) is 11.8 Å². The van der Waals surface area contributed by atoms with E-state index in [4.69, 9.17) is 0 Å². The van der Waals surface area contributed by atoms with Gasteiger partial charge in [-0.1, -0.05) is 0 Å². The molecule has 3 aromatic rings. The molecule has 0 saturated heterocycles. The summed E-state index contributed by atoms with van der Waals surface area (Å²) in [6, 6.07) is 13.6. The van der Waals surface area contributed by atoms with Crippen LogP contribution in [0.3, 0.4) is 0 Å². The molecule has 1 heterocycles. The third-order valence-electron chi connectivity index (χ3n) is 3.64. The highest BCUT2D eigenvalue weighted by atomic mass is 16.2. The summed E-state index contributed by atoms with van der Waals surface area (Å²) in [5, 5.41) is 16.7. The van der Waals surface area contributed by atoms with E-state index in [1.807, 2.05) is 20.8 Å². The average Bonchev–Trinajstić information content (AvgIpc) is 3.16. The van der Waals surface area contributed by atoms with Crippen LogP contribution < -0.4 is 10.6 Å². The van der Waals surface area contributed by atoms with Crippen LogP contribution in [0.2, 0.25) is 0 Å². The van der Waals surface area contributed by atoms with E-state index in [2.05, 4.69) is 26.2 Å². The molecule has 27 heavy (non-hydrogen) atoms. The van der Waals surface area contributed by atoms with Crippen LogP contribution in [-0.2, 0) is 0 Å². The number of nitrogens with one attached hydrogen (secondary N) is 2. The third-order valence-corrected chi connectivity index (χ3v) is 3.64.